The fraction of sp³-hybridized carbons (Fsp3) is 0.118. The van der Waals surface area contributed by atoms with Gasteiger partial charge in [0.1, 0.15) is 6.04 Å². The van der Waals surface area contributed by atoms with Gasteiger partial charge >= 0.3 is 6.18 Å². The van der Waals surface area contributed by atoms with Gasteiger partial charge in [0.05, 0.1) is 5.52 Å². The quantitative estimate of drug-likeness (QED) is 0.673. The molecule has 2 nitrogen and oxygen atoms in total. The first-order valence-electron chi connectivity index (χ1n) is 6.87. The van der Waals surface area contributed by atoms with E-state index in [-0.39, 0.29) is 10.6 Å². The molecule has 2 aromatic carbocycles. The van der Waals surface area contributed by atoms with Crippen LogP contribution in [0.2, 0.25) is 5.02 Å². The zero-order valence-corrected chi connectivity index (χ0v) is 12.6. The summed E-state index contributed by atoms with van der Waals surface area (Å²) >= 11 is 5.82. The molecule has 0 bridgehead atoms. The molecule has 0 aliphatic heterocycles. The van der Waals surface area contributed by atoms with Crippen LogP contribution in [0.1, 0.15) is 11.6 Å². The van der Waals surface area contributed by atoms with Gasteiger partial charge in [0.15, 0.2) is 0 Å². The van der Waals surface area contributed by atoms with E-state index in [9.17, 15) is 13.2 Å². The van der Waals surface area contributed by atoms with E-state index >= 15 is 0 Å². The maximum absolute atomic E-state index is 13.4. The van der Waals surface area contributed by atoms with Crippen LogP contribution in [0.15, 0.2) is 60.8 Å². The fourth-order valence-electron chi connectivity index (χ4n) is 2.37. The number of hydrogen-bond acceptors (Lipinski definition) is 2. The van der Waals surface area contributed by atoms with Gasteiger partial charge in [-0.25, -0.2) is 0 Å². The van der Waals surface area contributed by atoms with Crippen LogP contribution in [-0.4, -0.2) is 11.2 Å². The third-order valence-electron chi connectivity index (χ3n) is 3.42. The number of halogens is 4. The van der Waals surface area contributed by atoms with Gasteiger partial charge in [0, 0.05) is 22.3 Å². The maximum Gasteiger partial charge on any atom is 0.412 e. The zero-order chi connectivity index (χ0) is 16.4. The Labute approximate surface area is 135 Å². The molecule has 1 N–H and O–H groups in total. The smallest absolute Gasteiger partial charge is 0.370 e. The van der Waals surface area contributed by atoms with E-state index < -0.39 is 12.2 Å². The number of nitrogens with zero attached hydrogens (tertiary/aromatic N) is 1. The van der Waals surface area contributed by atoms with Gasteiger partial charge < -0.3 is 5.32 Å². The van der Waals surface area contributed by atoms with E-state index in [2.05, 4.69) is 10.3 Å². The molecule has 0 amide bonds. The van der Waals surface area contributed by atoms with Gasteiger partial charge in [-0.1, -0.05) is 29.8 Å². The molecule has 0 radical (unpaired) electrons. The molecular weight excluding hydrogens is 325 g/mol. The lowest BCUT2D eigenvalue weighted by molar-refractivity contribution is -0.144. The Bertz CT molecular complexity index is 833. The number of anilines is 1. The van der Waals surface area contributed by atoms with Crippen LogP contribution in [0.3, 0.4) is 0 Å². The molecule has 0 aliphatic carbocycles. The van der Waals surface area contributed by atoms with Gasteiger partial charge in [-0.2, -0.15) is 13.2 Å². The first kappa shape index (κ1) is 15.6. The summed E-state index contributed by atoms with van der Waals surface area (Å²) in [4.78, 5) is 4.15. The van der Waals surface area contributed by atoms with Crippen LogP contribution in [0.25, 0.3) is 10.9 Å². The summed E-state index contributed by atoms with van der Waals surface area (Å²) in [6.45, 7) is 0. The van der Waals surface area contributed by atoms with Gasteiger partial charge in [-0.3, -0.25) is 4.98 Å². The summed E-state index contributed by atoms with van der Waals surface area (Å²) in [6.07, 6.45) is -2.81. The molecule has 1 unspecified atom stereocenters. The Morgan fingerprint density at radius 2 is 1.83 bits per heavy atom. The number of nitrogens with one attached hydrogen (secondary N) is 1. The number of aromatic nitrogens is 1. The van der Waals surface area contributed by atoms with Crippen molar-refractivity contribution in [1.82, 2.24) is 4.98 Å². The van der Waals surface area contributed by atoms with E-state index in [0.717, 1.165) is 10.9 Å². The minimum atomic E-state index is -4.45. The first-order chi connectivity index (χ1) is 10.9. The summed E-state index contributed by atoms with van der Waals surface area (Å²) in [7, 11) is 0. The van der Waals surface area contributed by atoms with Crippen LogP contribution in [-0.2, 0) is 0 Å². The highest BCUT2D eigenvalue weighted by Crippen LogP contribution is 2.36. The van der Waals surface area contributed by atoms with Crippen molar-refractivity contribution in [3.63, 3.8) is 0 Å². The molecule has 1 aromatic heterocycles. The molecule has 118 valence electrons. The van der Waals surface area contributed by atoms with E-state index in [1.165, 1.54) is 18.2 Å². The zero-order valence-electron chi connectivity index (χ0n) is 11.8. The second kappa shape index (κ2) is 6.08. The standard InChI is InChI=1S/C17H12ClF3N2/c18-13-5-1-3-12(9-13)16(17(19,20)21)23-14-6-7-15-11(10-14)4-2-8-22-15/h1-10,16,23H. The fourth-order valence-corrected chi connectivity index (χ4v) is 2.57. The minimum Gasteiger partial charge on any atom is -0.370 e. The molecule has 23 heavy (non-hydrogen) atoms. The van der Waals surface area contributed by atoms with Crippen LogP contribution < -0.4 is 5.32 Å². The number of benzene rings is 2. The Hall–Kier alpha value is -2.27. The predicted molar refractivity (Wildman–Crippen MR) is 85.6 cm³/mol. The molecule has 3 aromatic rings. The molecule has 0 aliphatic rings. The van der Waals surface area contributed by atoms with Crippen LogP contribution in [0.5, 0.6) is 0 Å². The summed E-state index contributed by atoms with van der Waals surface area (Å²) in [6, 6.07) is 12.4. The molecule has 3 rings (SSSR count). The van der Waals surface area contributed by atoms with Gasteiger partial charge in [-0.05, 0) is 42.0 Å². The van der Waals surface area contributed by atoms with Crippen LogP contribution in [0.4, 0.5) is 18.9 Å². The Balaban J connectivity index is 1.97. The summed E-state index contributed by atoms with van der Waals surface area (Å²) in [5, 5.41) is 3.58. The summed E-state index contributed by atoms with van der Waals surface area (Å²) < 4.78 is 40.3. The molecule has 0 saturated carbocycles. The van der Waals surface area contributed by atoms with Gasteiger partial charge in [0.2, 0.25) is 0 Å². The largest absolute Gasteiger partial charge is 0.412 e. The molecular formula is C17H12ClF3N2. The van der Waals surface area contributed by atoms with Crippen molar-refractivity contribution in [2.45, 2.75) is 12.2 Å². The highest BCUT2D eigenvalue weighted by molar-refractivity contribution is 6.30. The van der Waals surface area contributed by atoms with Crippen molar-refractivity contribution in [3.8, 4) is 0 Å². The lowest BCUT2D eigenvalue weighted by Gasteiger charge is -2.23. The van der Waals surface area contributed by atoms with Gasteiger partial charge in [-0.15, -0.1) is 0 Å². The van der Waals surface area contributed by atoms with E-state index in [4.69, 9.17) is 11.6 Å². The molecule has 0 fully saturated rings. The normalized spacial score (nSPS) is 13.0. The Morgan fingerprint density at radius 3 is 2.57 bits per heavy atom. The number of alkyl halides is 3. The second-order valence-corrected chi connectivity index (χ2v) is 5.52. The monoisotopic (exact) mass is 336 g/mol. The van der Waals surface area contributed by atoms with Crippen molar-refractivity contribution in [1.29, 1.82) is 0 Å². The molecule has 6 heteroatoms. The third kappa shape index (κ3) is 3.56. The van der Waals surface area contributed by atoms with Gasteiger partial charge in [0.25, 0.3) is 0 Å². The Kier molecular flexibility index (Phi) is 4.13. The predicted octanol–water partition coefficient (Wildman–Crippen LogP) is 5.60. The SMILES string of the molecule is FC(F)(F)C(Nc1ccc2ncccc2c1)c1cccc(Cl)c1. The van der Waals surface area contributed by atoms with Crippen molar-refractivity contribution < 1.29 is 13.2 Å². The maximum atomic E-state index is 13.4. The number of fused-ring (bicyclic) bond motifs is 1. The Morgan fingerprint density at radius 1 is 1.00 bits per heavy atom. The molecule has 0 spiro atoms. The van der Waals surface area contributed by atoms with Crippen molar-refractivity contribution in [2.75, 3.05) is 5.32 Å². The van der Waals surface area contributed by atoms with Crippen molar-refractivity contribution in [3.05, 3.63) is 71.4 Å². The van der Waals surface area contributed by atoms with Crippen LogP contribution in [0, 0.1) is 0 Å². The first-order valence-corrected chi connectivity index (χ1v) is 7.25. The highest BCUT2D eigenvalue weighted by Gasteiger charge is 2.41. The highest BCUT2D eigenvalue weighted by atomic mass is 35.5. The average Bonchev–Trinajstić information content (AvgIpc) is 2.51. The second-order valence-electron chi connectivity index (χ2n) is 5.08. The van der Waals surface area contributed by atoms with Crippen molar-refractivity contribution in [2.24, 2.45) is 0 Å². The summed E-state index contributed by atoms with van der Waals surface area (Å²) in [5.74, 6) is 0. The number of pyridine rings is 1. The number of hydrogen-bond donors (Lipinski definition) is 1. The number of rotatable bonds is 3. The van der Waals surface area contributed by atoms with E-state index in [1.54, 1.807) is 42.6 Å². The van der Waals surface area contributed by atoms with Crippen molar-refractivity contribution >= 4 is 28.2 Å². The van der Waals surface area contributed by atoms with E-state index in [0.29, 0.717) is 5.69 Å². The van der Waals surface area contributed by atoms with E-state index in [1.807, 2.05) is 0 Å². The lowest BCUT2D eigenvalue weighted by Crippen LogP contribution is -2.27. The summed E-state index contributed by atoms with van der Waals surface area (Å²) in [5.41, 5.74) is 1.16. The average molecular weight is 337 g/mol. The molecule has 1 heterocycles. The van der Waals surface area contributed by atoms with Crippen LogP contribution >= 0.6 is 11.6 Å². The topological polar surface area (TPSA) is 24.9 Å². The molecule has 0 saturated heterocycles. The third-order valence-corrected chi connectivity index (χ3v) is 3.66. The minimum absolute atomic E-state index is 0.0660. The lowest BCUT2D eigenvalue weighted by atomic mass is 10.1. The molecule has 1 atom stereocenters.